The smallest absolute Gasteiger partial charge is 0.460 e. The monoisotopic (exact) mass is 716 g/mol. The number of carbonyl (C=O) groups excluding carboxylic acids is 1. The Balaban J connectivity index is 2.13. The Labute approximate surface area is 259 Å². The van der Waals surface area contributed by atoms with E-state index in [1.165, 1.54) is 24.3 Å². The molecule has 20 heteroatoms. The SMILES string of the molecule is CCOC(=O)c1cn2c(c1C(F)(F)C(F)(F)C(F)(F)C(F)(F)C(F)(F)C(F)(F)C(F)(F)F)C(O)(c1ccccc1)N(C)c1ccccc1-2. The Kier molecular flexibility index (Phi) is 8.39. The van der Waals surface area contributed by atoms with Crippen molar-refractivity contribution in [2.45, 2.75) is 54.4 Å². The van der Waals surface area contributed by atoms with Crippen molar-refractivity contribution in [1.82, 2.24) is 4.57 Å². The van der Waals surface area contributed by atoms with Crippen molar-refractivity contribution in [1.29, 1.82) is 0 Å². The van der Waals surface area contributed by atoms with E-state index in [-0.39, 0.29) is 17.6 Å². The number of carbonyl (C=O) groups is 1. The third kappa shape index (κ3) is 4.57. The summed E-state index contributed by atoms with van der Waals surface area (Å²) in [5.41, 5.74) is -10.4. The van der Waals surface area contributed by atoms with Gasteiger partial charge >= 0.3 is 47.7 Å². The zero-order valence-electron chi connectivity index (χ0n) is 23.8. The van der Waals surface area contributed by atoms with E-state index in [4.69, 9.17) is 0 Å². The molecule has 4 rings (SSSR count). The zero-order valence-corrected chi connectivity index (χ0v) is 23.8. The molecule has 0 spiro atoms. The predicted molar refractivity (Wildman–Crippen MR) is 134 cm³/mol. The minimum absolute atomic E-state index is 0.116. The molecule has 1 aliphatic heterocycles. The number of hydrogen-bond donors (Lipinski definition) is 1. The summed E-state index contributed by atoms with van der Waals surface area (Å²) >= 11 is 0. The van der Waals surface area contributed by atoms with E-state index in [0.29, 0.717) is 9.47 Å². The largest absolute Gasteiger partial charge is 0.462 e. The normalized spacial score (nSPS) is 18.0. The number of nitrogens with zero attached hydrogens (tertiary/aromatic N) is 2. The molecule has 1 unspecified atom stereocenters. The number of aromatic nitrogens is 1. The Morgan fingerprint density at radius 2 is 1.17 bits per heavy atom. The van der Waals surface area contributed by atoms with E-state index < -0.39 is 82.4 Å². The van der Waals surface area contributed by atoms with E-state index >= 15 is 17.6 Å². The van der Waals surface area contributed by atoms with Gasteiger partial charge in [-0.1, -0.05) is 42.5 Å². The lowest BCUT2D eigenvalue weighted by atomic mass is 9.84. The lowest BCUT2D eigenvalue weighted by molar-refractivity contribution is -0.453. The molecule has 0 radical (unpaired) electrons. The van der Waals surface area contributed by atoms with Crippen molar-refractivity contribution in [3.8, 4) is 5.69 Å². The van der Waals surface area contributed by atoms with Gasteiger partial charge in [0, 0.05) is 18.8 Å². The molecule has 0 saturated carbocycles. The van der Waals surface area contributed by atoms with Crippen molar-refractivity contribution in [3.05, 3.63) is 83.2 Å². The van der Waals surface area contributed by atoms with Gasteiger partial charge in [0.05, 0.1) is 34.8 Å². The summed E-state index contributed by atoms with van der Waals surface area (Å²) in [7, 11) is 0.953. The number of fused-ring (bicyclic) bond motifs is 3. The highest BCUT2D eigenvalue weighted by molar-refractivity contribution is 5.93. The standard InChI is InChI=1S/C28H19F15N2O3/c1-3-48-20(46)15-13-45-17-12-8-7-11-16(17)44(2)21(47,14-9-5-4-6-10-14)19(45)18(15)22(29,30)23(31,32)24(33,34)25(35,36)26(37,38)27(39,40)28(41,42)43/h4-13,47H,3H2,1-2H3. The van der Waals surface area contributed by atoms with Gasteiger partial charge in [-0.2, -0.15) is 65.9 Å². The molecule has 0 fully saturated rings. The van der Waals surface area contributed by atoms with E-state index in [1.807, 2.05) is 0 Å². The second-order valence-corrected chi connectivity index (χ2v) is 10.4. The summed E-state index contributed by atoms with van der Waals surface area (Å²) in [6.45, 7) is 0.314. The maximum atomic E-state index is 16.2. The lowest BCUT2D eigenvalue weighted by Crippen LogP contribution is -2.72. The van der Waals surface area contributed by atoms with Crippen LogP contribution in [-0.4, -0.2) is 65.1 Å². The number of para-hydroxylation sites is 2. The molecule has 0 bridgehead atoms. The van der Waals surface area contributed by atoms with Crippen LogP contribution < -0.4 is 4.90 Å². The molecular weight excluding hydrogens is 697 g/mol. The van der Waals surface area contributed by atoms with E-state index in [2.05, 4.69) is 4.74 Å². The molecule has 2 aromatic carbocycles. The first-order chi connectivity index (χ1) is 21.7. The van der Waals surface area contributed by atoms with Gasteiger partial charge in [0.2, 0.25) is 5.72 Å². The molecule has 264 valence electrons. The van der Waals surface area contributed by atoms with Crippen molar-refractivity contribution in [2.24, 2.45) is 0 Å². The van der Waals surface area contributed by atoms with Crippen molar-refractivity contribution in [2.75, 3.05) is 18.6 Å². The highest BCUT2D eigenvalue weighted by Gasteiger charge is 2.93. The predicted octanol–water partition coefficient (Wildman–Crippen LogP) is 8.13. The molecule has 5 nitrogen and oxygen atoms in total. The molecule has 0 amide bonds. The Morgan fingerprint density at radius 3 is 1.67 bits per heavy atom. The van der Waals surface area contributed by atoms with Gasteiger partial charge in [-0.25, -0.2) is 4.79 Å². The van der Waals surface area contributed by atoms with Gasteiger partial charge in [0.1, 0.15) is 0 Å². The maximum Gasteiger partial charge on any atom is 0.460 e. The summed E-state index contributed by atoms with van der Waals surface area (Å²) in [6.07, 6.45) is -7.52. The molecule has 1 aromatic heterocycles. The summed E-state index contributed by atoms with van der Waals surface area (Å²) in [5.74, 6) is -50.8. The van der Waals surface area contributed by atoms with Gasteiger partial charge in [-0.05, 0) is 19.1 Å². The quantitative estimate of drug-likeness (QED) is 0.180. The number of esters is 1. The molecule has 0 saturated heterocycles. The van der Waals surface area contributed by atoms with Crippen molar-refractivity contribution in [3.63, 3.8) is 0 Å². The summed E-state index contributed by atoms with van der Waals surface area (Å²) in [6, 6.07) is 10.4. The number of anilines is 1. The third-order valence-corrected chi connectivity index (χ3v) is 7.64. The zero-order chi connectivity index (χ0) is 36.7. The molecule has 2 heterocycles. The first-order valence-corrected chi connectivity index (χ1v) is 13.1. The molecule has 0 aliphatic carbocycles. The average Bonchev–Trinajstić information content (AvgIpc) is 3.42. The van der Waals surface area contributed by atoms with Crippen LogP contribution in [0.3, 0.4) is 0 Å². The highest BCUT2D eigenvalue weighted by Crippen LogP contribution is 2.65. The van der Waals surface area contributed by atoms with Gasteiger partial charge in [0.25, 0.3) is 0 Å². The van der Waals surface area contributed by atoms with Gasteiger partial charge < -0.3 is 19.3 Å². The van der Waals surface area contributed by atoms with E-state index in [9.17, 15) is 58.2 Å². The topological polar surface area (TPSA) is 54.7 Å². The number of hydrogen-bond acceptors (Lipinski definition) is 4. The lowest BCUT2D eigenvalue weighted by Gasteiger charge is -2.46. The van der Waals surface area contributed by atoms with Gasteiger partial charge in [0.15, 0.2) is 0 Å². The molecule has 48 heavy (non-hydrogen) atoms. The summed E-state index contributed by atoms with van der Waals surface area (Å²) in [5, 5.41) is 12.0. The van der Waals surface area contributed by atoms with E-state index in [1.54, 1.807) is 0 Å². The molecule has 1 atom stereocenters. The number of rotatable bonds is 9. The minimum Gasteiger partial charge on any atom is -0.462 e. The average molecular weight is 716 g/mol. The maximum absolute atomic E-state index is 16.2. The number of halogens is 15. The summed E-state index contributed by atoms with van der Waals surface area (Å²) in [4.78, 5) is 13.6. The van der Waals surface area contributed by atoms with Crippen LogP contribution in [0.4, 0.5) is 71.5 Å². The highest BCUT2D eigenvalue weighted by atomic mass is 19.4. The Bertz CT molecular complexity index is 1700. The van der Waals surface area contributed by atoms with Crippen LogP contribution in [0.1, 0.15) is 34.1 Å². The Hall–Kier alpha value is -4.10. The fraction of sp³-hybridized carbons (Fsp3) is 0.393. The van der Waals surface area contributed by atoms with Crippen LogP contribution in [0.25, 0.3) is 5.69 Å². The van der Waals surface area contributed by atoms with Crippen LogP contribution in [0.15, 0.2) is 60.8 Å². The number of benzene rings is 2. The van der Waals surface area contributed by atoms with Gasteiger partial charge in [-0.15, -0.1) is 0 Å². The summed E-state index contributed by atoms with van der Waals surface area (Å²) < 4.78 is 219. The Morgan fingerprint density at radius 1 is 0.708 bits per heavy atom. The van der Waals surface area contributed by atoms with Crippen molar-refractivity contribution < 1.29 is 80.5 Å². The number of alkyl halides is 15. The van der Waals surface area contributed by atoms with Crippen LogP contribution in [0.2, 0.25) is 0 Å². The van der Waals surface area contributed by atoms with Crippen LogP contribution in [-0.2, 0) is 16.4 Å². The fourth-order valence-electron chi connectivity index (χ4n) is 5.13. The number of aliphatic hydroxyl groups is 1. The first-order valence-electron chi connectivity index (χ1n) is 13.1. The van der Waals surface area contributed by atoms with Crippen LogP contribution >= 0.6 is 0 Å². The van der Waals surface area contributed by atoms with Gasteiger partial charge in [-0.3, -0.25) is 0 Å². The van der Waals surface area contributed by atoms with Crippen LogP contribution in [0, 0.1) is 0 Å². The molecule has 3 aromatic rings. The second kappa shape index (κ2) is 11.0. The fourth-order valence-corrected chi connectivity index (χ4v) is 5.13. The third-order valence-electron chi connectivity index (χ3n) is 7.64. The van der Waals surface area contributed by atoms with Crippen LogP contribution in [0.5, 0.6) is 0 Å². The second-order valence-electron chi connectivity index (χ2n) is 10.4. The molecular formula is C28H19F15N2O3. The van der Waals surface area contributed by atoms with E-state index in [0.717, 1.165) is 44.3 Å². The molecule has 1 aliphatic rings. The molecule has 1 N–H and O–H groups in total. The number of ether oxygens (including phenoxy) is 1. The first kappa shape index (κ1) is 36.7. The minimum atomic E-state index is -8.56. The van der Waals surface area contributed by atoms with Crippen molar-refractivity contribution >= 4 is 11.7 Å².